The van der Waals surface area contributed by atoms with Crippen molar-refractivity contribution >= 4 is 27.5 Å². The van der Waals surface area contributed by atoms with Gasteiger partial charge in [0.1, 0.15) is 12.6 Å². The van der Waals surface area contributed by atoms with Crippen LogP contribution in [0.2, 0.25) is 0 Å². The minimum atomic E-state index is -0.753. The van der Waals surface area contributed by atoms with E-state index in [9.17, 15) is 9.59 Å². The van der Waals surface area contributed by atoms with Crippen LogP contribution in [0.25, 0.3) is 11.1 Å². The highest BCUT2D eigenvalue weighted by Crippen LogP contribution is 2.52. The number of carbonyl (C=O) groups is 2. The van der Waals surface area contributed by atoms with E-state index in [0.29, 0.717) is 24.3 Å². The van der Waals surface area contributed by atoms with Gasteiger partial charge in [0.25, 0.3) is 0 Å². The number of aryl methyl sites for hydroxylation is 1. The van der Waals surface area contributed by atoms with Gasteiger partial charge in [-0.2, -0.15) is 5.10 Å². The first kappa shape index (κ1) is 25.8. The molecule has 0 bridgehead atoms. The Bertz CT molecular complexity index is 1050. The molecule has 2 amide bonds. The molecule has 2 aromatic rings. The molecule has 2 aliphatic rings. The molecule has 7 nitrogen and oxygen atoms in total. The van der Waals surface area contributed by atoms with E-state index in [0.717, 1.165) is 60.6 Å². The summed E-state index contributed by atoms with van der Waals surface area (Å²) < 4.78 is 7.79. The number of amides is 2. The summed E-state index contributed by atoms with van der Waals surface area (Å²) in [4.78, 5) is 25.3. The van der Waals surface area contributed by atoms with E-state index in [1.807, 2.05) is 35.9 Å². The summed E-state index contributed by atoms with van der Waals surface area (Å²) in [5.41, 5.74) is 10.5. The maximum atomic E-state index is 13.1. The minimum absolute atomic E-state index is 0.0925. The molecule has 3 N–H and O–H groups in total. The van der Waals surface area contributed by atoms with Crippen molar-refractivity contribution < 1.29 is 14.3 Å². The number of anilines is 1. The third-order valence-corrected chi connectivity index (χ3v) is 8.57. The molecule has 0 spiro atoms. The molecule has 1 heterocycles. The second-order valence-electron chi connectivity index (χ2n) is 11.1. The van der Waals surface area contributed by atoms with E-state index in [1.54, 1.807) is 0 Å². The van der Waals surface area contributed by atoms with E-state index in [1.165, 1.54) is 0 Å². The van der Waals surface area contributed by atoms with E-state index in [2.05, 4.69) is 36.1 Å². The molecule has 0 aliphatic heterocycles. The highest BCUT2D eigenvalue weighted by Gasteiger charge is 2.49. The Kier molecular flexibility index (Phi) is 7.62. The van der Waals surface area contributed by atoms with Gasteiger partial charge in [0, 0.05) is 22.7 Å². The Balaban J connectivity index is 1.42. The molecule has 4 rings (SSSR count). The Hall–Kier alpha value is -2.32. The molecule has 192 valence electrons. The van der Waals surface area contributed by atoms with Crippen molar-refractivity contribution in [2.75, 3.05) is 36.4 Å². The van der Waals surface area contributed by atoms with Crippen molar-refractivity contribution in [3.8, 4) is 11.1 Å². The van der Waals surface area contributed by atoms with Crippen molar-refractivity contribution in [2.24, 2.45) is 29.4 Å². The van der Waals surface area contributed by atoms with E-state index < -0.39 is 21.9 Å². The summed E-state index contributed by atoms with van der Waals surface area (Å²) in [6.45, 7) is 5.22. The first-order chi connectivity index (χ1) is 16.5. The summed E-state index contributed by atoms with van der Waals surface area (Å²) >= 11 is 0. The molecule has 1 aromatic carbocycles. The number of hydrogen-bond donors (Lipinski definition) is 2. The second-order valence-corrected chi connectivity index (χ2v) is 15.7. The predicted molar refractivity (Wildman–Crippen MR) is 144 cm³/mol. The van der Waals surface area contributed by atoms with Crippen molar-refractivity contribution in [1.29, 1.82) is 0 Å². The maximum absolute atomic E-state index is 13.1. The van der Waals surface area contributed by atoms with Crippen LogP contribution in [0, 0.1) is 37.5 Å². The van der Waals surface area contributed by atoms with Crippen LogP contribution in [-0.4, -0.2) is 52.7 Å². The van der Waals surface area contributed by atoms with Crippen LogP contribution >= 0.6 is 10.0 Å². The molecule has 35 heavy (non-hydrogen) atoms. The van der Waals surface area contributed by atoms with Crippen molar-refractivity contribution in [2.45, 2.75) is 46.3 Å². The van der Waals surface area contributed by atoms with Gasteiger partial charge in [0.2, 0.25) is 11.8 Å². The zero-order valence-corrected chi connectivity index (χ0v) is 22.5. The van der Waals surface area contributed by atoms with Gasteiger partial charge in [0.05, 0.1) is 12.3 Å². The molecule has 0 saturated heterocycles. The van der Waals surface area contributed by atoms with Crippen LogP contribution in [0.15, 0.2) is 24.3 Å². The normalized spacial score (nSPS) is 17.4. The standard InChI is InChI=1S/C27H40N4O3S/c1-17-23(18(2)31(30-17)16-34-14-15-35(3,4)5)19-10-12-22(13-11-19)29-27(33)25(26(28)32)24(20-6-7-20)21-8-9-21/h10-13,20-21,24-25H,6-9,14-16H2,1-5H3,(H2,28,32)(H,29,33). The van der Waals surface area contributed by atoms with E-state index >= 15 is 0 Å². The number of rotatable bonds is 12. The molecule has 2 saturated carbocycles. The molecule has 8 heteroatoms. The molecule has 1 atom stereocenters. The topological polar surface area (TPSA) is 99.2 Å². The van der Waals surface area contributed by atoms with Gasteiger partial charge in [-0.15, -0.1) is 0 Å². The average molecular weight is 501 g/mol. The fourth-order valence-electron chi connectivity index (χ4n) is 5.03. The molecular formula is C27H40N4O3S. The number of nitrogens with one attached hydrogen (secondary N) is 1. The monoisotopic (exact) mass is 500 g/mol. The Morgan fingerprint density at radius 3 is 2.23 bits per heavy atom. The molecule has 2 aliphatic carbocycles. The van der Waals surface area contributed by atoms with E-state index in [-0.39, 0.29) is 11.8 Å². The lowest BCUT2D eigenvalue weighted by molar-refractivity contribution is -0.133. The summed E-state index contributed by atoms with van der Waals surface area (Å²) in [7, 11) is -0.575. The zero-order chi connectivity index (χ0) is 25.3. The lowest BCUT2D eigenvalue weighted by atomic mass is 9.82. The largest absolute Gasteiger partial charge is 0.369 e. The summed E-state index contributed by atoms with van der Waals surface area (Å²) in [6, 6.07) is 7.74. The fraction of sp³-hybridized carbons (Fsp3) is 0.593. The van der Waals surface area contributed by atoms with Gasteiger partial charge < -0.3 is 15.8 Å². The fourth-order valence-corrected chi connectivity index (χ4v) is 5.64. The smallest absolute Gasteiger partial charge is 0.237 e. The van der Waals surface area contributed by atoms with Gasteiger partial charge in [0.15, 0.2) is 0 Å². The van der Waals surface area contributed by atoms with Crippen LogP contribution < -0.4 is 11.1 Å². The number of nitrogens with two attached hydrogens (primary N) is 1. The van der Waals surface area contributed by atoms with Gasteiger partial charge >= 0.3 is 0 Å². The summed E-state index contributed by atoms with van der Waals surface area (Å²) in [5, 5.41) is 7.63. The molecule has 2 fully saturated rings. The molecule has 1 unspecified atom stereocenters. The summed E-state index contributed by atoms with van der Waals surface area (Å²) in [5.74, 6) is 0.567. The minimum Gasteiger partial charge on any atom is -0.369 e. The van der Waals surface area contributed by atoms with Gasteiger partial charge in [-0.05, 0) is 93.7 Å². The Morgan fingerprint density at radius 2 is 1.71 bits per heavy atom. The predicted octanol–water partition coefficient (Wildman–Crippen LogP) is 4.31. The Morgan fingerprint density at radius 1 is 1.11 bits per heavy atom. The van der Waals surface area contributed by atoms with Crippen LogP contribution in [0.5, 0.6) is 0 Å². The third kappa shape index (κ3) is 6.47. The summed E-state index contributed by atoms with van der Waals surface area (Å²) in [6.07, 6.45) is 11.3. The second kappa shape index (κ2) is 10.3. The number of ether oxygens (including phenoxy) is 1. The number of carbonyl (C=O) groups excluding carboxylic acids is 2. The van der Waals surface area contributed by atoms with Crippen LogP contribution in [0.3, 0.4) is 0 Å². The number of hydrogen-bond acceptors (Lipinski definition) is 4. The third-order valence-electron chi connectivity index (χ3n) is 7.18. The number of primary amides is 1. The lowest BCUT2D eigenvalue weighted by Gasteiger charge is -2.24. The maximum Gasteiger partial charge on any atom is 0.237 e. The lowest BCUT2D eigenvalue weighted by Crippen LogP contribution is -2.41. The van der Waals surface area contributed by atoms with Gasteiger partial charge in [-0.3, -0.25) is 9.59 Å². The zero-order valence-electron chi connectivity index (χ0n) is 21.7. The van der Waals surface area contributed by atoms with E-state index in [4.69, 9.17) is 10.5 Å². The molecule has 1 aromatic heterocycles. The SMILES string of the molecule is Cc1nn(COCCS(C)(C)C)c(C)c1-c1ccc(NC(=O)C(C(N)=O)C(C2CC2)C2CC2)cc1. The van der Waals surface area contributed by atoms with Crippen molar-refractivity contribution in [3.05, 3.63) is 35.7 Å². The van der Waals surface area contributed by atoms with Gasteiger partial charge in [-0.1, -0.05) is 12.1 Å². The van der Waals surface area contributed by atoms with Crippen molar-refractivity contribution in [3.63, 3.8) is 0 Å². The number of aromatic nitrogens is 2. The van der Waals surface area contributed by atoms with Crippen LogP contribution in [0.4, 0.5) is 5.69 Å². The number of nitrogens with zero attached hydrogens (tertiary/aromatic N) is 2. The number of benzene rings is 1. The average Bonchev–Trinajstić information content (AvgIpc) is 3.69. The molecule has 0 radical (unpaired) electrons. The van der Waals surface area contributed by atoms with Crippen LogP contribution in [-0.2, 0) is 21.1 Å². The first-order valence-electron chi connectivity index (χ1n) is 12.5. The quantitative estimate of drug-likeness (QED) is 0.335. The highest BCUT2D eigenvalue weighted by atomic mass is 32.3. The highest BCUT2D eigenvalue weighted by molar-refractivity contribution is 8.32. The van der Waals surface area contributed by atoms with Gasteiger partial charge in [-0.25, -0.2) is 14.7 Å². The first-order valence-corrected chi connectivity index (χ1v) is 15.6. The Labute approximate surface area is 210 Å². The molecular weight excluding hydrogens is 460 g/mol. The van der Waals surface area contributed by atoms with Crippen LogP contribution in [0.1, 0.15) is 37.1 Å². The van der Waals surface area contributed by atoms with Crippen molar-refractivity contribution in [1.82, 2.24) is 9.78 Å².